The van der Waals surface area contributed by atoms with Crippen molar-refractivity contribution in [1.82, 2.24) is 9.66 Å². The molecule has 9 heteroatoms. The number of alkyl halides is 3. The van der Waals surface area contributed by atoms with Crippen LogP contribution in [-0.4, -0.2) is 26.8 Å². The number of aliphatic hydroxyl groups excluding tert-OH is 1. The van der Waals surface area contributed by atoms with E-state index < -0.39 is 28.8 Å². The molecule has 0 unspecified atom stereocenters. The maximum atomic E-state index is 13.4. The van der Waals surface area contributed by atoms with Crippen molar-refractivity contribution < 1.29 is 23.1 Å². The molecule has 3 rings (SSSR count). The van der Waals surface area contributed by atoms with Gasteiger partial charge >= 0.3 is 6.18 Å². The van der Waals surface area contributed by atoms with Crippen molar-refractivity contribution >= 4 is 22.9 Å². The summed E-state index contributed by atoms with van der Waals surface area (Å²) in [5.41, 5.74) is -1.80. The van der Waals surface area contributed by atoms with Crippen LogP contribution in [0.15, 0.2) is 45.5 Å². The number of aromatic nitrogens is 2. The summed E-state index contributed by atoms with van der Waals surface area (Å²) in [6.45, 7) is 3.57. The molecule has 0 spiro atoms. The average Bonchev–Trinajstić information content (AvgIpc) is 2.53. The Bertz CT molecular complexity index is 1050. The van der Waals surface area contributed by atoms with Gasteiger partial charge in [0.05, 0.1) is 22.7 Å². The summed E-state index contributed by atoms with van der Waals surface area (Å²) in [5, 5.41) is 13.6. The number of Topliss-reactive ketones (excluding diaryl/α,β-unsaturated/α-hetero) is 1. The number of fused-ring (bicyclic) bond motifs is 1. The van der Waals surface area contributed by atoms with Gasteiger partial charge in [-0.15, -0.1) is 0 Å². The van der Waals surface area contributed by atoms with Crippen LogP contribution >= 0.6 is 0 Å². The zero-order chi connectivity index (χ0) is 20.0. The molecule has 142 valence electrons. The quantitative estimate of drug-likeness (QED) is 0.810. The van der Waals surface area contributed by atoms with E-state index in [1.807, 2.05) is 0 Å². The lowest BCUT2D eigenvalue weighted by atomic mass is 9.77. The fraction of sp³-hybridized carbons (Fsp3) is 0.333. The number of allylic oxidation sites excluding steroid dienone is 2. The lowest BCUT2D eigenvalue weighted by Crippen LogP contribution is -2.29. The Kier molecular flexibility index (Phi) is 4.41. The highest BCUT2D eigenvalue weighted by Crippen LogP contribution is 2.35. The smallest absolute Gasteiger partial charge is 0.451 e. The Hall–Kier alpha value is -2.97. The number of hydrogen-bond acceptors (Lipinski definition) is 5. The summed E-state index contributed by atoms with van der Waals surface area (Å²) in [6.07, 6.45) is -3.86. The normalized spacial score (nSPS) is 17.9. The minimum atomic E-state index is -4.93. The third kappa shape index (κ3) is 3.62. The SMILES string of the molecule is CC1(C)CC(=O)C(C=Nn2c(C(F)(F)F)nc3ccccc3c2=O)=C(O)C1. The van der Waals surface area contributed by atoms with Crippen molar-refractivity contribution in [2.45, 2.75) is 32.9 Å². The van der Waals surface area contributed by atoms with Gasteiger partial charge in [-0.05, 0) is 17.5 Å². The molecule has 0 saturated carbocycles. The van der Waals surface area contributed by atoms with Crippen LogP contribution in [0.1, 0.15) is 32.5 Å². The van der Waals surface area contributed by atoms with Crippen LogP contribution < -0.4 is 5.56 Å². The zero-order valence-corrected chi connectivity index (χ0v) is 14.5. The molecule has 1 aromatic heterocycles. The molecule has 0 radical (unpaired) electrons. The standard InChI is InChI=1S/C18H16F3N3O3/c1-17(2)7-13(25)11(14(26)8-17)9-22-24-15(27)10-5-3-4-6-12(10)23-16(24)18(19,20)21/h3-6,9,25H,7-8H2,1-2H3. The van der Waals surface area contributed by atoms with Crippen LogP contribution in [0.4, 0.5) is 13.2 Å². The molecule has 0 atom stereocenters. The van der Waals surface area contributed by atoms with Crippen LogP contribution in [0.25, 0.3) is 10.9 Å². The molecule has 1 aliphatic carbocycles. The van der Waals surface area contributed by atoms with Crippen LogP contribution in [-0.2, 0) is 11.0 Å². The molecule has 0 amide bonds. The molecule has 0 saturated heterocycles. The Labute approximate surface area is 151 Å². The van der Waals surface area contributed by atoms with Gasteiger partial charge in [-0.2, -0.15) is 22.9 Å². The fourth-order valence-corrected chi connectivity index (χ4v) is 2.98. The predicted octanol–water partition coefficient (Wildman–Crippen LogP) is 3.45. The summed E-state index contributed by atoms with van der Waals surface area (Å²) >= 11 is 0. The molecule has 27 heavy (non-hydrogen) atoms. The summed E-state index contributed by atoms with van der Waals surface area (Å²) in [4.78, 5) is 28.2. The molecule has 1 heterocycles. The molecule has 1 aromatic carbocycles. The second-order valence-corrected chi connectivity index (χ2v) is 7.11. The highest BCUT2D eigenvalue weighted by molar-refractivity contribution is 6.14. The predicted molar refractivity (Wildman–Crippen MR) is 92.6 cm³/mol. The lowest BCUT2D eigenvalue weighted by Gasteiger charge is -2.28. The van der Waals surface area contributed by atoms with E-state index in [9.17, 15) is 27.9 Å². The van der Waals surface area contributed by atoms with Crippen molar-refractivity contribution in [3.8, 4) is 0 Å². The van der Waals surface area contributed by atoms with E-state index in [1.165, 1.54) is 24.3 Å². The van der Waals surface area contributed by atoms with Crippen LogP contribution in [0.5, 0.6) is 0 Å². The second-order valence-electron chi connectivity index (χ2n) is 7.11. The molecular formula is C18H16F3N3O3. The number of rotatable bonds is 2. The van der Waals surface area contributed by atoms with Crippen molar-refractivity contribution in [3.63, 3.8) is 0 Å². The number of hydrogen-bond donors (Lipinski definition) is 1. The summed E-state index contributed by atoms with van der Waals surface area (Å²) < 4.78 is 40.2. The Balaban J connectivity index is 2.17. The molecule has 1 N–H and O–H groups in total. The molecule has 1 aliphatic rings. The number of carbonyl (C=O) groups excluding carboxylic acids is 1. The van der Waals surface area contributed by atoms with E-state index >= 15 is 0 Å². The highest BCUT2D eigenvalue weighted by atomic mass is 19.4. The molecular weight excluding hydrogens is 363 g/mol. The summed E-state index contributed by atoms with van der Waals surface area (Å²) in [6, 6.07) is 5.59. The number of aliphatic hydroxyl groups is 1. The topological polar surface area (TPSA) is 84.5 Å². The first-order valence-corrected chi connectivity index (χ1v) is 8.08. The number of halogens is 3. The van der Waals surface area contributed by atoms with E-state index in [2.05, 4.69) is 10.1 Å². The van der Waals surface area contributed by atoms with E-state index in [-0.39, 0.29) is 39.8 Å². The van der Waals surface area contributed by atoms with Crippen LogP contribution in [0, 0.1) is 5.41 Å². The van der Waals surface area contributed by atoms with Crippen LogP contribution in [0.3, 0.4) is 0 Å². The fourth-order valence-electron chi connectivity index (χ4n) is 2.98. The minimum absolute atomic E-state index is 0.0445. The van der Waals surface area contributed by atoms with Gasteiger partial charge in [0.25, 0.3) is 5.56 Å². The van der Waals surface area contributed by atoms with Gasteiger partial charge in [-0.1, -0.05) is 26.0 Å². The largest absolute Gasteiger partial charge is 0.511 e. The van der Waals surface area contributed by atoms with Gasteiger partial charge in [-0.25, -0.2) is 4.98 Å². The maximum Gasteiger partial charge on any atom is 0.451 e. The van der Waals surface area contributed by atoms with E-state index in [0.29, 0.717) is 0 Å². The average molecular weight is 379 g/mol. The lowest BCUT2D eigenvalue weighted by molar-refractivity contribution is -0.147. The molecule has 6 nitrogen and oxygen atoms in total. The van der Waals surface area contributed by atoms with Gasteiger partial charge in [0, 0.05) is 12.8 Å². The minimum Gasteiger partial charge on any atom is -0.511 e. The number of ketones is 1. The third-order valence-electron chi connectivity index (χ3n) is 4.21. The van der Waals surface area contributed by atoms with E-state index in [4.69, 9.17) is 0 Å². The molecule has 0 bridgehead atoms. The van der Waals surface area contributed by atoms with E-state index in [1.54, 1.807) is 13.8 Å². The first-order valence-electron chi connectivity index (χ1n) is 8.08. The van der Waals surface area contributed by atoms with Crippen molar-refractivity contribution in [2.75, 3.05) is 0 Å². The van der Waals surface area contributed by atoms with Gasteiger partial charge in [0.2, 0.25) is 5.82 Å². The number of nitrogens with zero attached hydrogens (tertiary/aromatic N) is 3. The number of para-hydroxylation sites is 1. The Morgan fingerprint density at radius 3 is 2.52 bits per heavy atom. The Morgan fingerprint density at radius 2 is 1.89 bits per heavy atom. The molecule has 0 fully saturated rings. The second kappa shape index (κ2) is 6.33. The van der Waals surface area contributed by atoms with Gasteiger partial charge in [0.15, 0.2) is 5.78 Å². The summed E-state index contributed by atoms with van der Waals surface area (Å²) in [7, 11) is 0. The van der Waals surface area contributed by atoms with Gasteiger partial charge in [-0.3, -0.25) is 9.59 Å². The summed E-state index contributed by atoms with van der Waals surface area (Å²) in [5.74, 6) is -2.23. The van der Waals surface area contributed by atoms with Crippen molar-refractivity contribution in [1.29, 1.82) is 0 Å². The third-order valence-corrected chi connectivity index (χ3v) is 4.21. The highest BCUT2D eigenvalue weighted by Gasteiger charge is 2.38. The monoisotopic (exact) mass is 379 g/mol. The number of carbonyl (C=O) groups is 1. The molecule has 0 aliphatic heterocycles. The Morgan fingerprint density at radius 1 is 1.22 bits per heavy atom. The van der Waals surface area contributed by atoms with Crippen LogP contribution in [0.2, 0.25) is 0 Å². The maximum absolute atomic E-state index is 13.4. The van der Waals surface area contributed by atoms with E-state index in [0.717, 1.165) is 6.21 Å². The van der Waals surface area contributed by atoms with Gasteiger partial charge in [0.1, 0.15) is 5.76 Å². The molecule has 2 aromatic rings. The first kappa shape index (κ1) is 18.8. The first-order chi connectivity index (χ1) is 12.5. The number of benzene rings is 1. The van der Waals surface area contributed by atoms with Gasteiger partial charge < -0.3 is 5.11 Å². The zero-order valence-electron chi connectivity index (χ0n) is 14.5. The van der Waals surface area contributed by atoms with Crippen molar-refractivity contribution in [3.05, 3.63) is 51.8 Å². The van der Waals surface area contributed by atoms with Crippen molar-refractivity contribution in [2.24, 2.45) is 10.5 Å².